The van der Waals surface area contributed by atoms with Gasteiger partial charge >= 0.3 is 0 Å². The van der Waals surface area contributed by atoms with E-state index in [0.717, 1.165) is 4.60 Å². The number of hydrogen-bond donors (Lipinski definition) is 0. The number of halogens is 1. The van der Waals surface area contributed by atoms with Crippen molar-refractivity contribution in [3.8, 4) is 0 Å². The highest BCUT2D eigenvalue weighted by molar-refractivity contribution is 9.10. The first-order valence-corrected chi connectivity index (χ1v) is 4.29. The molecule has 0 fully saturated rings. The SMILES string of the molecule is CC(C)n1c(Br)cccc1=O. The summed E-state index contributed by atoms with van der Waals surface area (Å²) in [4.78, 5) is 11.2. The third-order valence-corrected chi connectivity index (χ3v) is 2.10. The molecule has 0 aromatic carbocycles. The van der Waals surface area contributed by atoms with Gasteiger partial charge in [-0.3, -0.25) is 4.79 Å². The van der Waals surface area contributed by atoms with Gasteiger partial charge in [-0.15, -0.1) is 0 Å². The average molecular weight is 216 g/mol. The molecule has 1 rings (SSSR count). The van der Waals surface area contributed by atoms with Gasteiger partial charge in [0.15, 0.2) is 0 Å². The fourth-order valence-electron chi connectivity index (χ4n) is 0.977. The lowest BCUT2D eigenvalue weighted by atomic mass is 10.3. The monoisotopic (exact) mass is 215 g/mol. The summed E-state index contributed by atoms with van der Waals surface area (Å²) in [5, 5.41) is 0. The van der Waals surface area contributed by atoms with Crippen LogP contribution in [-0.2, 0) is 0 Å². The summed E-state index contributed by atoms with van der Waals surface area (Å²) in [5.41, 5.74) is 0.0365. The van der Waals surface area contributed by atoms with Gasteiger partial charge in [-0.25, -0.2) is 0 Å². The van der Waals surface area contributed by atoms with Crippen molar-refractivity contribution >= 4 is 15.9 Å². The molecule has 0 spiro atoms. The summed E-state index contributed by atoms with van der Waals surface area (Å²) in [7, 11) is 0. The van der Waals surface area contributed by atoms with E-state index in [4.69, 9.17) is 0 Å². The minimum absolute atomic E-state index is 0.0365. The topological polar surface area (TPSA) is 22.0 Å². The fraction of sp³-hybridized carbons (Fsp3) is 0.375. The summed E-state index contributed by atoms with van der Waals surface area (Å²) >= 11 is 3.31. The summed E-state index contributed by atoms with van der Waals surface area (Å²) in [6.07, 6.45) is 0. The molecular weight excluding hydrogens is 206 g/mol. The molecule has 0 aliphatic rings. The summed E-state index contributed by atoms with van der Waals surface area (Å²) in [6.45, 7) is 3.96. The predicted octanol–water partition coefficient (Wildman–Crippen LogP) is 2.19. The second-order valence-corrected chi connectivity index (χ2v) is 3.46. The van der Waals surface area contributed by atoms with E-state index in [9.17, 15) is 4.79 Å². The second kappa shape index (κ2) is 3.22. The van der Waals surface area contributed by atoms with E-state index >= 15 is 0 Å². The van der Waals surface area contributed by atoms with Crippen LogP contribution in [0.15, 0.2) is 27.6 Å². The summed E-state index contributed by atoms with van der Waals surface area (Å²) < 4.78 is 2.53. The molecular formula is C8H10BrNO. The van der Waals surface area contributed by atoms with Gasteiger partial charge in [0.1, 0.15) is 0 Å². The third kappa shape index (κ3) is 1.71. The van der Waals surface area contributed by atoms with Crippen molar-refractivity contribution in [1.82, 2.24) is 4.57 Å². The molecule has 0 aliphatic carbocycles. The van der Waals surface area contributed by atoms with Gasteiger partial charge in [-0.05, 0) is 35.8 Å². The van der Waals surface area contributed by atoms with E-state index in [2.05, 4.69) is 15.9 Å². The Hall–Kier alpha value is -0.570. The van der Waals surface area contributed by atoms with Gasteiger partial charge in [0, 0.05) is 12.1 Å². The molecule has 2 nitrogen and oxygen atoms in total. The van der Waals surface area contributed by atoms with Gasteiger partial charge in [0.05, 0.1) is 4.60 Å². The lowest BCUT2D eigenvalue weighted by molar-refractivity contribution is 0.566. The zero-order valence-electron chi connectivity index (χ0n) is 6.54. The zero-order chi connectivity index (χ0) is 8.43. The number of pyridine rings is 1. The Morgan fingerprint density at radius 1 is 1.45 bits per heavy atom. The number of rotatable bonds is 1. The van der Waals surface area contributed by atoms with Crippen molar-refractivity contribution in [2.45, 2.75) is 19.9 Å². The Kier molecular flexibility index (Phi) is 2.49. The normalized spacial score (nSPS) is 10.5. The highest BCUT2D eigenvalue weighted by atomic mass is 79.9. The number of hydrogen-bond acceptors (Lipinski definition) is 1. The molecule has 1 heterocycles. The van der Waals surface area contributed by atoms with Crippen molar-refractivity contribution < 1.29 is 0 Å². The van der Waals surface area contributed by atoms with Gasteiger partial charge < -0.3 is 4.57 Å². The first kappa shape index (κ1) is 8.53. The molecule has 0 aliphatic heterocycles. The molecule has 60 valence electrons. The molecule has 0 radical (unpaired) electrons. The van der Waals surface area contributed by atoms with Crippen LogP contribution in [0.3, 0.4) is 0 Å². The van der Waals surface area contributed by atoms with Gasteiger partial charge in [-0.1, -0.05) is 6.07 Å². The standard InChI is InChI=1S/C8H10BrNO/c1-6(2)10-7(9)4-3-5-8(10)11/h3-6H,1-2H3. The summed E-state index contributed by atoms with van der Waals surface area (Å²) in [6, 6.07) is 5.37. The smallest absolute Gasteiger partial charge is 0.251 e. The molecule has 0 bridgehead atoms. The third-order valence-electron chi connectivity index (χ3n) is 1.46. The minimum Gasteiger partial charge on any atom is -0.300 e. The van der Waals surface area contributed by atoms with Crippen LogP contribution in [0, 0.1) is 0 Å². The maximum Gasteiger partial charge on any atom is 0.251 e. The van der Waals surface area contributed by atoms with Crippen molar-refractivity contribution in [2.75, 3.05) is 0 Å². The summed E-state index contributed by atoms with van der Waals surface area (Å²) in [5.74, 6) is 0. The van der Waals surface area contributed by atoms with Gasteiger partial charge in [0.25, 0.3) is 5.56 Å². The first-order chi connectivity index (χ1) is 5.13. The lowest BCUT2D eigenvalue weighted by Crippen LogP contribution is -2.21. The molecule has 0 saturated heterocycles. The van der Waals surface area contributed by atoms with Crippen LogP contribution in [0.5, 0.6) is 0 Å². The van der Waals surface area contributed by atoms with Crippen molar-refractivity contribution in [1.29, 1.82) is 0 Å². The maximum atomic E-state index is 11.2. The molecule has 0 atom stereocenters. The molecule has 0 saturated carbocycles. The van der Waals surface area contributed by atoms with E-state index in [0.29, 0.717) is 0 Å². The van der Waals surface area contributed by atoms with Crippen molar-refractivity contribution in [2.24, 2.45) is 0 Å². The van der Waals surface area contributed by atoms with Crippen LogP contribution in [-0.4, -0.2) is 4.57 Å². The predicted molar refractivity (Wildman–Crippen MR) is 48.8 cm³/mol. The average Bonchev–Trinajstić information content (AvgIpc) is 1.85. The Morgan fingerprint density at radius 3 is 2.45 bits per heavy atom. The van der Waals surface area contributed by atoms with Crippen LogP contribution in [0.4, 0.5) is 0 Å². The second-order valence-electron chi connectivity index (χ2n) is 2.65. The largest absolute Gasteiger partial charge is 0.300 e. The highest BCUT2D eigenvalue weighted by Gasteiger charge is 2.02. The first-order valence-electron chi connectivity index (χ1n) is 3.50. The number of nitrogens with zero attached hydrogens (tertiary/aromatic N) is 1. The van der Waals surface area contributed by atoms with E-state index in [1.165, 1.54) is 0 Å². The van der Waals surface area contributed by atoms with Gasteiger partial charge in [-0.2, -0.15) is 0 Å². The minimum atomic E-state index is 0.0365. The Bertz CT molecular complexity index is 303. The van der Waals surface area contributed by atoms with Crippen LogP contribution < -0.4 is 5.56 Å². The fourth-order valence-corrected chi connectivity index (χ4v) is 1.71. The van der Waals surface area contributed by atoms with Crippen LogP contribution in [0.2, 0.25) is 0 Å². The molecule has 0 unspecified atom stereocenters. The maximum absolute atomic E-state index is 11.2. The van der Waals surface area contributed by atoms with E-state index in [1.807, 2.05) is 19.9 Å². The molecule has 11 heavy (non-hydrogen) atoms. The zero-order valence-corrected chi connectivity index (χ0v) is 8.13. The molecule has 0 N–H and O–H groups in total. The molecule has 1 aromatic heterocycles. The van der Waals surface area contributed by atoms with Crippen molar-refractivity contribution in [3.05, 3.63) is 33.2 Å². The Labute approximate surface area is 74.0 Å². The van der Waals surface area contributed by atoms with Crippen LogP contribution in [0.1, 0.15) is 19.9 Å². The molecule has 0 amide bonds. The highest BCUT2D eigenvalue weighted by Crippen LogP contribution is 2.11. The van der Waals surface area contributed by atoms with Gasteiger partial charge in [0.2, 0.25) is 0 Å². The van der Waals surface area contributed by atoms with Crippen LogP contribution in [0.25, 0.3) is 0 Å². The Balaban J connectivity index is 3.33. The van der Waals surface area contributed by atoms with Crippen LogP contribution >= 0.6 is 15.9 Å². The van der Waals surface area contributed by atoms with E-state index in [1.54, 1.807) is 16.7 Å². The number of aromatic nitrogens is 1. The molecule has 3 heteroatoms. The quantitative estimate of drug-likeness (QED) is 0.659. The molecule has 1 aromatic rings. The van der Waals surface area contributed by atoms with E-state index in [-0.39, 0.29) is 11.6 Å². The van der Waals surface area contributed by atoms with Crippen molar-refractivity contribution in [3.63, 3.8) is 0 Å². The van der Waals surface area contributed by atoms with E-state index < -0.39 is 0 Å². The lowest BCUT2D eigenvalue weighted by Gasteiger charge is -2.10. The Morgan fingerprint density at radius 2 is 2.09 bits per heavy atom.